The Morgan fingerprint density at radius 3 is 2.31 bits per heavy atom. The molecule has 3 nitrogen and oxygen atoms in total. The lowest BCUT2D eigenvalue weighted by Crippen LogP contribution is -2.27. The van der Waals surface area contributed by atoms with Crippen LogP contribution >= 0.6 is 0 Å². The van der Waals surface area contributed by atoms with E-state index in [-0.39, 0.29) is 0 Å². The van der Waals surface area contributed by atoms with Gasteiger partial charge in [-0.15, -0.1) is 0 Å². The maximum absolute atomic E-state index is 11.2. The number of aliphatic carboxylic acids is 1. The number of rotatable bonds is 3. The summed E-state index contributed by atoms with van der Waals surface area (Å²) in [5.41, 5.74) is 1.16. The third kappa shape index (κ3) is 3.35. The van der Waals surface area contributed by atoms with Crippen LogP contribution in [0.5, 0.6) is 0 Å². The molecule has 1 aromatic carbocycles. The number of hydrogen-bond donors (Lipinski definition) is 1. The highest BCUT2D eigenvalue weighted by Gasteiger charge is 2.27. The topological polar surface area (TPSA) is 46.5 Å². The molecule has 16 heavy (non-hydrogen) atoms. The fraction of sp³-hybridized carbons (Fsp3) is 0.462. The van der Waals surface area contributed by atoms with Gasteiger partial charge in [-0.25, -0.2) is 4.79 Å². The fourth-order valence-electron chi connectivity index (χ4n) is 1.48. The van der Waals surface area contributed by atoms with Gasteiger partial charge in [-0.1, -0.05) is 24.3 Å². The second kappa shape index (κ2) is 4.66. The molecule has 0 heterocycles. The summed E-state index contributed by atoms with van der Waals surface area (Å²) >= 11 is 0. The maximum Gasteiger partial charge on any atom is 0.337 e. The lowest BCUT2D eigenvalue weighted by atomic mass is 10.0. The van der Waals surface area contributed by atoms with E-state index in [1.165, 1.54) is 0 Å². The van der Waals surface area contributed by atoms with Crippen LogP contribution in [0.4, 0.5) is 0 Å². The molecule has 1 rings (SSSR count). The molecule has 0 saturated carbocycles. The van der Waals surface area contributed by atoms with E-state index in [2.05, 4.69) is 0 Å². The van der Waals surface area contributed by atoms with E-state index >= 15 is 0 Å². The quantitative estimate of drug-likeness (QED) is 0.855. The summed E-state index contributed by atoms with van der Waals surface area (Å²) in [5, 5.41) is 9.19. The van der Waals surface area contributed by atoms with E-state index in [9.17, 15) is 9.90 Å². The summed E-state index contributed by atoms with van der Waals surface area (Å²) in [5.74, 6) is -0.954. The molecule has 0 aliphatic heterocycles. The molecule has 0 aliphatic carbocycles. The Balaban J connectivity index is 3.04. The first-order valence-electron chi connectivity index (χ1n) is 5.27. The van der Waals surface area contributed by atoms with Crippen LogP contribution in [-0.2, 0) is 9.53 Å². The number of carboxylic acid groups (broad SMARTS) is 1. The van der Waals surface area contributed by atoms with Gasteiger partial charge in [-0.05, 0) is 38.8 Å². The summed E-state index contributed by atoms with van der Waals surface area (Å²) in [6.07, 6.45) is -0.902. The standard InChI is InChI=1S/C13H18O3/c1-9-7-5-6-8-10(9)11(12(14)15)16-13(2,3)4/h5-8,11H,1-4H3,(H,14,15). The minimum absolute atomic E-state index is 0.481. The normalized spacial score (nSPS) is 13.5. The summed E-state index contributed by atoms with van der Waals surface area (Å²) in [6.45, 7) is 7.43. The number of carbonyl (C=O) groups is 1. The largest absolute Gasteiger partial charge is 0.479 e. The zero-order valence-electron chi connectivity index (χ0n) is 10.2. The first-order chi connectivity index (χ1) is 7.31. The molecular formula is C13H18O3. The van der Waals surface area contributed by atoms with Gasteiger partial charge in [-0.2, -0.15) is 0 Å². The number of hydrogen-bond acceptors (Lipinski definition) is 2. The van der Waals surface area contributed by atoms with Crippen molar-refractivity contribution in [3.63, 3.8) is 0 Å². The van der Waals surface area contributed by atoms with E-state index in [0.717, 1.165) is 5.56 Å². The van der Waals surface area contributed by atoms with E-state index < -0.39 is 17.7 Å². The predicted molar refractivity (Wildman–Crippen MR) is 62.4 cm³/mol. The molecule has 0 spiro atoms. The number of benzene rings is 1. The second-order valence-corrected chi connectivity index (χ2v) is 4.81. The van der Waals surface area contributed by atoms with Crippen LogP contribution in [-0.4, -0.2) is 16.7 Å². The lowest BCUT2D eigenvalue weighted by Gasteiger charge is -2.26. The summed E-state index contributed by atoms with van der Waals surface area (Å²) in [7, 11) is 0. The first kappa shape index (κ1) is 12.7. The summed E-state index contributed by atoms with van der Waals surface area (Å²) in [6, 6.07) is 7.39. The monoisotopic (exact) mass is 222 g/mol. The molecule has 1 aromatic rings. The molecule has 0 aromatic heterocycles. The first-order valence-corrected chi connectivity index (χ1v) is 5.27. The molecule has 0 aliphatic rings. The van der Waals surface area contributed by atoms with Crippen molar-refractivity contribution >= 4 is 5.97 Å². The van der Waals surface area contributed by atoms with E-state index in [4.69, 9.17) is 4.74 Å². The van der Waals surface area contributed by atoms with Gasteiger partial charge in [0.2, 0.25) is 0 Å². The Morgan fingerprint density at radius 1 is 1.31 bits per heavy atom. The van der Waals surface area contributed by atoms with Crippen molar-refractivity contribution in [2.45, 2.75) is 39.4 Å². The number of aryl methyl sites for hydroxylation is 1. The van der Waals surface area contributed by atoms with Gasteiger partial charge in [0.25, 0.3) is 0 Å². The smallest absolute Gasteiger partial charge is 0.337 e. The Bertz CT molecular complexity index is 377. The number of carboxylic acids is 1. The van der Waals surface area contributed by atoms with Gasteiger partial charge in [0, 0.05) is 0 Å². The third-order valence-corrected chi connectivity index (χ3v) is 2.17. The Hall–Kier alpha value is -1.35. The highest BCUT2D eigenvalue weighted by molar-refractivity contribution is 5.75. The van der Waals surface area contributed by atoms with Crippen molar-refractivity contribution in [3.8, 4) is 0 Å². The zero-order chi connectivity index (χ0) is 12.3. The molecule has 1 N–H and O–H groups in total. The van der Waals surface area contributed by atoms with Gasteiger partial charge in [-0.3, -0.25) is 0 Å². The fourth-order valence-corrected chi connectivity index (χ4v) is 1.48. The molecule has 0 fully saturated rings. The molecule has 1 unspecified atom stereocenters. The van der Waals surface area contributed by atoms with E-state index in [1.807, 2.05) is 45.9 Å². The molecule has 88 valence electrons. The molecule has 0 radical (unpaired) electrons. The maximum atomic E-state index is 11.2. The SMILES string of the molecule is Cc1ccccc1C(OC(C)(C)C)C(=O)O. The Morgan fingerprint density at radius 2 is 1.88 bits per heavy atom. The van der Waals surface area contributed by atoms with Crippen molar-refractivity contribution in [1.82, 2.24) is 0 Å². The molecule has 0 saturated heterocycles. The second-order valence-electron chi connectivity index (χ2n) is 4.81. The minimum Gasteiger partial charge on any atom is -0.479 e. The van der Waals surface area contributed by atoms with Crippen LogP contribution < -0.4 is 0 Å². The van der Waals surface area contributed by atoms with Crippen LogP contribution in [0.15, 0.2) is 24.3 Å². The van der Waals surface area contributed by atoms with Crippen LogP contribution in [0.25, 0.3) is 0 Å². The molecule has 0 amide bonds. The van der Waals surface area contributed by atoms with Crippen molar-refractivity contribution < 1.29 is 14.6 Å². The van der Waals surface area contributed by atoms with Gasteiger partial charge in [0.05, 0.1) is 5.60 Å². The van der Waals surface area contributed by atoms with Gasteiger partial charge in [0.15, 0.2) is 6.10 Å². The van der Waals surface area contributed by atoms with Crippen LogP contribution in [0.2, 0.25) is 0 Å². The van der Waals surface area contributed by atoms with Gasteiger partial charge < -0.3 is 9.84 Å². The Labute approximate surface area is 96.1 Å². The van der Waals surface area contributed by atoms with Crippen molar-refractivity contribution in [3.05, 3.63) is 35.4 Å². The Kier molecular flexibility index (Phi) is 3.70. The molecule has 0 bridgehead atoms. The van der Waals surface area contributed by atoms with Crippen molar-refractivity contribution in [2.75, 3.05) is 0 Å². The molecule has 3 heteroatoms. The van der Waals surface area contributed by atoms with Crippen LogP contribution in [0, 0.1) is 6.92 Å². The van der Waals surface area contributed by atoms with Crippen LogP contribution in [0.3, 0.4) is 0 Å². The van der Waals surface area contributed by atoms with Crippen molar-refractivity contribution in [1.29, 1.82) is 0 Å². The highest BCUT2D eigenvalue weighted by atomic mass is 16.5. The van der Waals surface area contributed by atoms with Crippen molar-refractivity contribution in [2.24, 2.45) is 0 Å². The number of ether oxygens (including phenoxy) is 1. The highest BCUT2D eigenvalue weighted by Crippen LogP contribution is 2.26. The van der Waals surface area contributed by atoms with Gasteiger partial charge >= 0.3 is 5.97 Å². The third-order valence-electron chi connectivity index (χ3n) is 2.17. The summed E-state index contributed by atoms with van der Waals surface area (Å²) in [4.78, 5) is 11.2. The van der Waals surface area contributed by atoms with E-state index in [0.29, 0.717) is 5.56 Å². The minimum atomic E-state index is -0.954. The predicted octanol–water partition coefficient (Wildman–Crippen LogP) is 2.94. The average molecular weight is 222 g/mol. The lowest BCUT2D eigenvalue weighted by molar-refractivity contribution is -0.160. The van der Waals surface area contributed by atoms with Gasteiger partial charge in [0.1, 0.15) is 0 Å². The molecule has 1 atom stereocenters. The summed E-state index contributed by atoms with van der Waals surface area (Å²) < 4.78 is 5.57. The zero-order valence-corrected chi connectivity index (χ0v) is 10.2. The molecular weight excluding hydrogens is 204 g/mol. The van der Waals surface area contributed by atoms with E-state index in [1.54, 1.807) is 6.07 Å². The van der Waals surface area contributed by atoms with Crippen LogP contribution in [0.1, 0.15) is 38.0 Å². The average Bonchev–Trinajstić information content (AvgIpc) is 2.13.